The smallest absolute Gasteiger partial charge is 0.157 e. The fraction of sp³-hybridized carbons (Fsp3) is 0.278. The molecule has 2 aromatic rings. The maximum absolute atomic E-state index is 9.12. The summed E-state index contributed by atoms with van der Waals surface area (Å²) in [5.74, 6) is 0. The molecule has 0 amide bonds. The molecular weight excluding hydrogens is 340 g/mol. The van der Waals surface area contributed by atoms with Crippen molar-refractivity contribution in [3.8, 4) is 6.07 Å². The Morgan fingerprint density at radius 2 is 2.09 bits per heavy atom. The number of hydrogen-bond donors (Lipinski definition) is 0. The zero-order valence-electron chi connectivity index (χ0n) is 12.4. The standard InChI is InChI=1S/C18H17BrN2O/c1-2-17-12-21(16-8-3-5-13(9-16)11-20)18(22-17)14-6-4-7-15(19)10-14/h3-10,17-18H,2,12H2,1H3. The van der Waals surface area contributed by atoms with Crippen molar-refractivity contribution in [2.75, 3.05) is 11.4 Å². The first-order chi connectivity index (χ1) is 10.7. The first-order valence-electron chi connectivity index (χ1n) is 7.39. The third-order valence-corrected chi connectivity index (χ3v) is 4.39. The number of benzene rings is 2. The predicted molar refractivity (Wildman–Crippen MR) is 90.6 cm³/mol. The van der Waals surface area contributed by atoms with Crippen molar-refractivity contribution in [1.82, 2.24) is 0 Å². The Bertz CT molecular complexity index is 710. The van der Waals surface area contributed by atoms with Gasteiger partial charge in [-0.1, -0.05) is 41.1 Å². The fourth-order valence-electron chi connectivity index (χ4n) is 2.75. The normalized spacial score (nSPS) is 20.9. The largest absolute Gasteiger partial charge is 0.349 e. The minimum Gasteiger partial charge on any atom is -0.349 e. The summed E-state index contributed by atoms with van der Waals surface area (Å²) in [6.07, 6.45) is 1.06. The molecule has 2 aromatic carbocycles. The van der Waals surface area contributed by atoms with E-state index >= 15 is 0 Å². The van der Waals surface area contributed by atoms with Gasteiger partial charge in [0.25, 0.3) is 0 Å². The Morgan fingerprint density at radius 3 is 2.82 bits per heavy atom. The molecule has 2 unspecified atom stereocenters. The Balaban J connectivity index is 1.97. The predicted octanol–water partition coefficient (Wildman–Crippen LogP) is 4.63. The number of rotatable bonds is 3. The maximum atomic E-state index is 9.12. The van der Waals surface area contributed by atoms with E-state index in [0.29, 0.717) is 5.56 Å². The summed E-state index contributed by atoms with van der Waals surface area (Å²) >= 11 is 3.52. The number of hydrogen-bond acceptors (Lipinski definition) is 3. The summed E-state index contributed by atoms with van der Waals surface area (Å²) in [6.45, 7) is 2.97. The van der Waals surface area contributed by atoms with Crippen LogP contribution < -0.4 is 4.90 Å². The third kappa shape index (κ3) is 3.01. The average Bonchev–Trinajstić information content (AvgIpc) is 2.99. The van der Waals surface area contributed by atoms with Gasteiger partial charge in [0.1, 0.15) is 0 Å². The molecular formula is C18H17BrN2O. The number of nitrogens with zero attached hydrogens (tertiary/aromatic N) is 2. The quantitative estimate of drug-likeness (QED) is 0.803. The highest BCUT2D eigenvalue weighted by Crippen LogP contribution is 2.36. The summed E-state index contributed by atoms with van der Waals surface area (Å²) in [5, 5.41) is 9.12. The van der Waals surface area contributed by atoms with Crippen LogP contribution in [0.2, 0.25) is 0 Å². The van der Waals surface area contributed by atoms with Gasteiger partial charge in [-0.25, -0.2) is 0 Å². The van der Waals surface area contributed by atoms with Crippen molar-refractivity contribution in [3.05, 3.63) is 64.1 Å². The summed E-state index contributed by atoms with van der Waals surface area (Å²) < 4.78 is 7.26. The zero-order valence-corrected chi connectivity index (χ0v) is 14.0. The average molecular weight is 357 g/mol. The van der Waals surface area contributed by atoms with E-state index in [4.69, 9.17) is 10.00 Å². The van der Waals surface area contributed by atoms with E-state index < -0.39 is 0 Å². The van der Waals surface area contributed by atoms with Gasteiger partial charge in [0.15, 0.2) is 6.23 Å². The molecule has 2 atom stereocenters. The number of nitriles is 1. The highest BCUT2D eigenvalue weighted by Gasteiger charge is 2.33. The van der Waals surface area contributed by atoms with Crippen molar-refractivity contribution < 1.29 is 4.74 Å². The molecule has 22 heavy (non-hydrogen) atoms. The van der Waals surface area contributed by atoms with Crippen LogP contribution in [-0.2, 0) is 4.74 Å². The lowest BCUT2D eigenvalue weighted by Crippen LogP contribution is -2.24. The molecule has 1 aliphatic rings. The molecule has 0 aromatic heterocycles. The summed E-state index contributed by atoms with van der Waals surface area (Å²) in [5.41, 5.74) is 2.82. The molecule has 3 rings (SSSR count). The molecule has 1 heterocycles. The third-order valence-electron chi connectivity index (χ3n) is 3.90. The summed E-state index contributed by atoms with van der Waals surface area (Å²) in [6, 6.07) is 18.1. The van der Waals surface area contributed by atoms with E-state index in [0.717, 1.165) is 28.7 Å². The lowest BCUT2D eigenvalue weighted by atomic mass is 10.1. The Hall–Kier alpha value is -1.83. The van der Waals surface area contributed by atoms with Gasteiger partial charge in [-0.15, -0.1) is 0 Å². The van der Waals surface area contributed by atoms with E-state index in [1.165, 1.54) is 0 Å². The maximum Gasteiger partial charge on any atom is 0.157 e. The molecule has 3 nitrogen and oxygen atoms in total. The first-order valence-corrected chi connectivity index (χ1v) is 8.18. The van der Waals surface area contributed by atoms with Crippen molar-refractivity contribution in [3.63, 3.8) is 0 Å². The molecule has 0 aliphatic carbocycles. The van der Waals surface area contributed by atoms with Crippen LogP contribution in [0.1, 0.15) is 30.7 Å². The molecule has 0 saturated carbocycles. The van der Waals surface area contributed by atoms with Gasteiger partial charge in [0, 0.05) is 22.3 Å². The molecule has 0 bridgehead atoms. The van der Waals surface area contributed by atoms with E-state index in [1.54, 1.807) is 0 Å². The van der Waals surface area contributed by atoms with Crippen LogP contribution in [0.4, 0.5) is 5.69 Å². The second kappa shape index (κ2) is 6.51. The SMILES string of the molecule is CCC1CN(c2cccc(C#N)c2)C(c2cccc(Br)c2)O1. The van der Waals surface area contributed by atoms with Crippen molar-refractivity contribution >= 4 is 21.6 Å². The highest BCUT2D eigenvalue weighted by atomic mass is 79.9. The lowest BCUT2D eigenvalue weighted by molar-refractivity contribution is 0.0462. The Kier molecular flexibility index (Phi) is 4.47. The van der Waals surface area contributed by atoms with Gasteiger partial charge >= 0.3 is 0 Å². The molecule has 1 saturated heterocycles. The van der Waals surface area contributed by atoms with Crippen molar-refractivity contribution in [1.29, 1.82) is 5.26 Å². The van der Waals surface area contributed by atoms with Crippen LogP contribution in [0.15, 0.2) is 53.0 Å². The number of halogens is 1. The second-order valence-electron chi connectivity index (χ2n) is 5.39. The van der Waals surface area contributed by atoms with E-state index in [-0.39, 0.29) is 12.3 Å². The van der Waals surface area contributed by atoms with Crippen molar-refractivity contribution in [2.24, 2.45) is 0 Å². The number of anilines is 1. The number of ether oxygens (including phenoxy) is 1. The Morgan fingerprint density at radius 1 is 1.27 bits per heavy atom. The van der Waals surface area contributed by atoms with Crippen LogP contribution in [0, 0.1) is 11.3 Å². The van der Waals surface area contributed by atoms with E-state index in [9.17, 15) is 0 Å². The molecule has 0 N–H and O–H groups in total. The van der Waals surface area contributed by atoms with Gasteiger partial charge in [0.05, 0.1) is 17.7 Å². The van der Waals surface area contributed by atoms with Crippen LogP contribution in [0.3, 0.4) is 0 Å². The molecule has 4 heteroatoms. The minimum atomic E-state index is -0.114. The second-order valence-corrected chi connectivity index (χ2v) is 6.30. The topological polar surface area (TPSA) is 36.3 Å². The summed E-state index contributed by atoms with van der Waals surface area (Å²) in [7, 11) is 0. The lowest BCUT2D eigenvalue weighted by Gasteiger charge is -2.25. The minimum absolute atomic E-state index is 0.114. The van der Waals surface area contributed by atoms with Crippen molar-refractivity contribution in [2.45, 2.75) is 25.7 Å². The van der Waals surface area contributed by atoms with Gasteiger partial charge in [-0.2, -0.15) is 5.26 Å². The van der Waals surface area contributed by atoms with E-state index in [1.807, 2.05) is 36.4 Å². The zero-order chi connectivity index (χ0) is 15.5. The molecule has 0 radical (unpaired) electrons. The van der Waals surface area contributed by atoms with Crippen LogP contribution >= 0.6 is 15.9 Å². The monoisotopic (exact) mass is 356 g/mol. The molecule has 112 valence electrons. The van der Waals surface area contributed by atoms with E-state index in [2.05, 4.69) is 46.0 Å². The summed E-state index contributed by atoms with van der Waals surface area (Å²) in [4.78, 5) is 2.23. The van der Waals surface area contributed by atoms with Crippen LogP contribution in [0.25, 0.3) is 0 Å². The van der Waals surface area contributed by atoms with Gasteiger partial charge < -0.3 is 9.64 Å². The Labute approximate surface area is 139 Å². The fourth-order valence-corrected chi connectivity index (χ4v) is 3.17. The highest BCUT2D eigenvalue weighted by molar-refractivity contribution is 9.10. The molecule has 0 spiro atoms. The van der Waals surface area contributed by atoms with Gasteiger partial charge in [0.2, 0.25) is 0 Å². The van der Waals surface area contributed by atoms with Crippen LogP contribution in [-0.4, -0.2) is 12.6 Å². The first kappa shape index (κ1) is 15.1. The van der Waals surface area contributed by atoms with Crippen LogP contribution in [0.5, 0.6) is 0 Å². The van der Waals surface area contributed by atoms with Gasteiger partial charge in [-0.05, 0) is 36.8 Å². The molecule has 1 aliphatic heterocycles. The van der Waals surface area contributed by atoms with Gasteiger partial charge in [-0.3, -0.25) is 0 Å². The molecule has 1 fully saturated rings.